The van der Waals surface area contributed by atoms with Crippen molar-refractivity contribution >= 4 is 11.8 Å². The van der Waals surface area contributed by atoms with Gasteiger partial charge in [0.1, 0.15) is 5.78 Å². The summed E-state index contributed by atoms with van der Waals surface area (Å²) >= 11 is 0. The van der Waals surface area contributed by atoms with Gasteiger partial charge in [-0.15, -0.1) is 0 Å². The van der Waals surface area contributed by atoms with Gasteiger partial charge < -0.3 is 9.47 Å². The van der Waals surface area contributed by atoms with Crippen molar-refractivity contribution in [3.8, 4) is 0 Å². The van der Waals surface area contributed by atoms with Crippen molar-refractivity contribution in [2.75, 3.05) is 6.61 Å². The van der Waals surface area contributed by atoms with Crippen LogP contribution in [0.2, 0.25) is 0 Å². The second kappa shape index (κ2) is 5.13. The fourth-order valence-electron chi connectivity index (χ4n) is 2.75. The molecule has 3 rings (SSSR count). The molecule has 0 spiro atoms. The van der Waals surface area contributed by atoms with Gasteiger partial charge in [0.15, 0.2) is 0 Å². The second-order valence-corrected chi connectivity index (χ2v) is 5.11. The highest BCUT2D eigenvalue weighted by molar-refractivity contribution is 5.91. The number of carbonyl (C=O) groups is 2. The molecule has 2 aliphatic heterocycles. The van der Waals surface area contributed by atoms with Crippen molar-refractivity contribution < 1.29 is 19.1 Å². The van der Waals surface area contributed by atoms with Crippen LogP contribution in [-0.2, 0) is 20.7 Å². The fourth-order valence-corrected chi connectivity index (χ4v) is 2.75. The molecule has 0 unspecified atom stereocenters. The third kappa shape index (κ3) is 2.68. The zero-order chi connectivity index (χ0) is 13.2. The van der Waals surface area contributed by atoms with Crippen LogP contribution in [0.4, 0.5) is 0 Å². The van der Waals surface area contributed by atoms with E-state index in [1.54, 1.807) is 6.07 Å². The van der Waals surface area contributed by atoms with Gasteiger partial charge in [0.05, 0.1) is 24.4 Å². The van der Waals surface area contributed by atoms with Crippen molar-refractivity contribution in [3.63, 3.8) is 0 Å². The monoisotopic (exact) mass is 260 g/mol. The van der Waals surface area contributed by atoms with E-state index >= 15 is 0 Å². The van der Waals surface area contributed by atoms with Gasteiger partial charge in [0.2, 0.25) is 0 Å². The Bertz CT molecular complexity index is 509. The number of ketones is 1. The van der Waals surface area contributed by atoms with E-state index in [4.69, 9.17) is 9.47 Å². The van der Waals surface area contributed by atoms with E-state index in [9.17, 15) is 9.59 Å². The summed E-state index contributed by atoms with van der Waals surface area (Å²) in [5, 5.41) is 0. The van der Waals surface area contributed by atoms with E-state index < -0.39 is 0 Å². The molecule has 0 radical (unpaired) electrons. The molecule has 0 aliphatic carbocycles. The van der Waals surface area contributed by atoms with Crippen LogP contribution in [0.1, 0.15) is 35.2 Å². The quantitative estimate of drug-likeness (QED) is 0.669. The molecule has 4 heteroatoms. The molecule has 1 aromatic carbocycles. The first-order valence-corrected chi connectivity index (χ1v) is 6.64. The first kappa shape index (κ1) is 12.4. The van der Waals surface area contributed by atoms with Gasteiger partial charge in [0.25, 0.3) is 0 Å². The van der Waals surface area contributed by atoms with Crippen LogP contribution in [0.15, 0.2) is 24.3 Å². The summed E-state index contributed by atoms with van der Waals surface area (Å²) in [6.45, 7) is 0.303. The summed E-state index contributed by atoms with van der Waals surface area (Å²) in [5.74, 6) is -0.0347. The van der Waals surface area contributed by atoms with Gasteiger partial charge in [-0.25, -0.2) is 4.79 Å². The summed E-state index contributed by atoms with van der Waals surface area (Å²) < 4.78 is 11.2. The number of rotatable bonds is 0. The van der Waals surface area contributed by atoms with Gasteiger partial charge in [-0.1, -0.05) is 18.2 Å². The van der Waals surface area contributed by atoms with E-state index in [1.165, 1.54) is 0 Å². The number of ether oxygens (including phenoxy) is 2. The van der Waals surface area contributed by atoms with Crippen molar-refractivity contribution in [2.24, 2.45) is 0 Å². The molecule has 19 heavy (non-hydrogen) atoms. The third-order valence-corrected chi connectivity index (χ3v) is 3.65. The number of esters is 1. The molecule has 1 saturated heterocycles. The summed E-state index contributed by atoms with van der Waals surface area (Å²) in [4.78, 5) is 23.7. The first-order chi connectivity index (χ1) is 9.22. The molecule has 1 fully saturated rings. The van der Waals surface area contributed by atoms with Crippen molar-refractivity contribution in [2.45, 2.75) is 37.9 Å². The predicted octanol–water partition coefficient (Wildman–Crippen LogP) is 1.91. The first-order valence-electron chi connectivity index (χ1n) is 6.64. The highest BCUT2D eigenvalue weighted by atomic mass is 16.5. The Morgan fingerprint density at radius 1 is 1.00 bits per heavy atom. The lowest BCUT2D eigenvalue weighted by molar-refractivity contribution is -0.136. The van der Waals surface area contributed by atoms with Gasteiger partial charge in [-0.2, -0.15) is 0 Å². The molecule has 2 atom stereocenters. The molecular weight excluding hydrogens is 244 g/mol. The number of fused-ring (bicyclic) bond motifs is 3. The Balaban J connectivity index is 1.92. The molecule has 1 aromatic rings. The maximum absolute atomic E-state index is 12.0. The van der Waals surface area contributed by atoms with E-state index in [0.717, 1.165) is 5.56 Å². The standard InChI is InChI=1S/C15H16O4/c16-11-8-12-5-6-18-15(17)14-4-2-1-3-10(14)7-13(9-11)19-12/h1-4,12-13H,5-9H2/t12-,13+/m1/s1. The van der Waals surface area contributed by atoms with E-state index in [1.807, 2.05) is 18.2 Å². The van der Waals surface area contributed by atoms with Crippen LogP contribution in [0, 0.1) is 0 Å². The highest BCUT2D eigenvalue weighted by Gasteiger charge is 2.30. The summed E-state index contributed by atoms with van der Waals surface area (Å²) in [5.41, 5.74) is 1.48. The van der Waals surface area contributed by atoms with Crippen LogP contribution in [0.3, 0.4) is 0 Å². The SMILES string of the molecule is O=C1C[C@H]2CCOC(=O)c3ccccc3C[C@@H](C1)O2. The Hall–Kier alpha value is -1.68. The van der Waals surface area contributed by atoms with Crippen LogP contribution in [0.25, 0.3) is 0 Å². The van der Waals surface area contributed by atoms with E-state index in [-0.39, 0.29) is 24.0 Å². The molecule has 4 nitrogen and oxygen atoms in total. The highest BCUT2D eigenvalue weighted by Crippen LogP contribution is 2.24. The molecule has 0 aromatic heterocycles. The van der Waals surface area contributed by atoms with Crippen LogP contribution < -0.4 is 0 Å². The van der Waals surface area contributed by atoms with Gasteiger partial charge in [0, 0.05) is 19.3 Å². The normalized spacial score (nSPS) is 27.4. The number of cyclic esters (lactones) is 1. The van der Waals surface area contributed by atoms with Crippen LogP contribution in [0.5, 0.6) is 0 Å². The summed E-state index contributed by atoms with van der Waals surface area (Å²) in [6, 6.07) is 7.37. The minimum Gasteiger partial charge on any atom is -0.462 e. The number of hydrogen-bond donors (Lipinski definition) is 0. The average molecular weight is 260 g/mol. The number of benzene rings is 1. The average Bonchev–Trinajstić information content (AvgIpc) is 2.38. The smallest absolute Gasteiger partial charge is 0.338 e. The molecule has 2 bridgehead atoms. The lowest BCUT2D eigenvalue weighted by atomic mass is 9.94. The Morgan fingerprint density at radius 3 is 2.68 bits per heavy atom. The Morgan fingerprint density at radius 2 is 1.79 bits per heavy atom. The van der Waals surface area contributed by atoms with E-state index in [2.05, 4.69) is 0 Å². The lowest BCUT2D eigenvalue weighted by Gasteiger charge is -2.30. The predicted molar refractivity (Wildman–Crippen MR) is 67.9 cm³/mol. The van der Waals surface area contributed by atoms with Crippen molar-refractivity contribution in [1.29, 1.82) is 0 Å². The zero-order valence-corrected chi connectivity index (χ0v) is 10.6. The van der Waals surface area contributed by atoms with Crippen molar-refractivity contribution in [1.82, 2.24) is 0 Å². The largest absolute Gasteiger partial charge is 0.462 e. The summed E-state index contributed by atoms with van der Waals surface area (Å²) in [7, 11) is 0. The van der Waals surface area contributed by atoms with E-state index in [0.29, 0.717) is 37.9 Å². The topological polar surface area (TPSA) is 52.6 Å². The molecule has 100 valence electrons. The molecule has 0 saturated carbocycles. The minimum atomic E-state index is -0.276. The van der Waals surface area contributed by atoms with Crippen molar-refractivity contribution in [3.05, 3.63) is 35.4 Å². The van der Waals surface area contributed by atoms with Gasteiger partial charge >= 0.3 is 5.97 Å². The van der Waals surface area contributed by atoms with Gasteiger partial charge in [-0.3, -0.25) is 4.79 Å². The molecule has 2 heterocycles. The lowest BCUT2D eigenvalue weighted by Crippen LogP contribution is -2.36. The second-order valence-electron chi connectivity index (χ2n) is 5.11. The Labute approximate surface area is 111 Å². The minimum absolute atomic E-state index is 0.107. The maximum Gasteiger partial charge on any atom is 0.338 e. The fraction of sp³-hybridized carbons (Fsp3) is 0.467. The summed E-state index contributed by atoms with van der Waals surface area (Å²) in [6.07, 6.45) is 1.85. The van der Waals surface area contributed by atoms with Gasteiger partial charge in [-0.05, 0) is 18.1 Å². The third-order valence-electron chi connectivity index (χ3n) is 3.65. The number of Topliss-reactive ketones (excluding diaryl/α,β-unsaturated/α-hetero) is 1. The molecule has 0 N–H and O–H groups in total. The van der Waals surface area contributed by atoms with Crippen LogP contribution >= 0.6 is 0 Å². The Kier molecular flexibility index (Phi) is 3.34. The molecular formula is C15H16O4. The van der Waals surface area contributed by atoms with Crippen LogP contribution in [-0.4, -0.2) is 30.6 Å². The molecule has 2 aliphatic rings. The number of carbonyl (C=O) groups excluding carboxylic acids is 2. The maximum atomic E-state index is 12.0. The number of hydrogen-bond acceptors (Lipinski definition) is 4. The molecule has 0 amide bonds. The zero-order valence-electron chi connectivity index (χ0n) is 10.6.